The minimum absolute atomic E-state index is 0.0978. The summed E-state index contributed by atoms with van der Waals surface area (Å²) in [6.45, 7) is 0. The highest BCUT2D eigenvalue weighted by atomic mass is 35.5. The van der Waals surface area contributed by atoms with Crippen LogP contribution in [0.4, 0.5) is 5.82 Å². The molecular weight excluding hydrogens is 397 g/mol. The minimum Gasteiger partial charge on any atom is -0.437 e. The van der Waals surface area contributed by atoms with E-state index in [9.17, 15) is 4.79 Å². The molecule has 0 aliphatic rings. The third-order valence-electron chi connectivity index (χ3n) is 3.46. The third-order valence-corrected chi connectivity index (χ3v) is 4.31. The number of halogens is 3. The van der Waals surface area contributed by atoms with E-state index < -0.39 is 0 Å². The molecule has 0 aliphatic carbocycles. The number of benzene rings is 1. The van der Waals surface area contributed by atoms with E-state index in [4.69, 9.17) is 39.5 Å². The van der Waals surface area contributed by atoms with Gasteiger partial charge in [-0.05, 0) is 36.4 Å². The van der Waals surface area contributed by atoms with Crippen LogP contribution in [-0.2, 0) is 0 Å². The first-order valence-corrected chi connectivity index (χ1v) is 8.57. The van der Waals surface area contributed by atoms with E-state index in [1.54, 1.807) is 55.7 Å². The maximum atomic E-state index is 12.9. The van der Waals surface area contributed by atoms with Gasteiger partial charge in [0.2, 0.25) is 5.88 Å². The van der Waals surface area contributed by atoms with Gasteiger partial charge in [0.05, 0.1) is 10.0 Å². The van der Waals surface area contributed by atoms with Crippen LogP contribution in [0.5, 0.6) is 11.6 Å². The Bertz CT molecular complexity index is 966. The Kier molecular flexibility index (Phi) is 5.61. The second kappa shape index (κ2) is 7.91. The predicted molar refractivity (Wildman–Crippen MR) is 103 cm³/mol. The van der Waals surface area contributed by atoms with Crippen LogP contribution < -0.4 is 9.64 Å². The van der Waals surface area contributed by atoms with Crippen molar-refractivity contribution in [1.82, 2.24) is 9.97 Å². The molecule has 0 aliphatic heterocycles. The summed E-state index contributed by atoms with van der Waals surface area (Å²) in [6, 6.07) is 11.3. The summed E-state index contributed by atoms with van der Waals surface area (Å²) in [6.07, 6.45) is 3.07. The average molecular weight is 409 g/mol. The molecule has 0 radical (unpaired) electrons. The number of anilines is 1. The summed E-state index contributed by atoms with van der Waals surface area (Å²) in [5, 5.41) is 1.15. The zero-order valence-electron chi connectivity index (χ0n) is 13.5. The van der Waals surface area contributed by atoms with Crippen molar-refractivity contribution in [2.24, 2.45) is 0 Å². The lowest BCUT2D eigenvalue weighted by Gasteiger charge is -2.18. The Hall–Kier alpha value is -2.34. The first-order chi connectivity index (χ1) is 12.5. The number of amides is 1. The lowest BCUT2D eigenvalue weighted by atomic mass is 10.2. The van der Waals surface area contributed by atoms with Crippen molar-refractivity contribution in [2.75, 3.05) is 11.9 Å². The SMILES string of the molecule is CN(C(=O)c1cccnc1Oc1cc(Cl)ccc1Cl)c1ncccc1Cl. The average Bonchev–Trinajstić information content (AvgIpc) is 2.64. The second-order valence-electron chi connectivity index (χ2n) is 5.21. The normalized spacial score (nSPS) is 10.5. The lowest BCUT2D eigenvalue weighted by molar-refractivity contribution is 0.0989. The molecule has 0 N–H and O–H groups in total. The molecule has 3 aromatic rings. The van der Waals surface area contributed by atoms with Crippen LogP contribution >= 0.6 is 34.8 Å². The van der Waals surface area contributed by atoms with Gasteiger partial charge in [0.1, 0.15) is 11.3 Å². The van der Waals surface area contributed by atoms with Gasteiger partial charge in [-0.25, -0.2) is 9.97 Å². The van der Waals surface area contributed by atoms with Crippen molar-refractivity contribution in [3.05, 3.63) is 75.5 Å². The van der Waals surface area contributed by atoms with Crippen molar-refractivity contribution in [2.45, 2.75) is 0 Å². The molecule has 5 nitrogen and oxygen atoms in total. The second-order valence-corrected chi connectivity index (χ2v) is 6.46. The van der Waals surface area contributed by atoms with Gasteiger partial charge in [0, 0.05) is 30.5 Å². The van der Waals surface area contributed by atoms with Crippen LogP contribution in [0.25, 0.3) is 0 Å². The van der Waals surface area contributed by atoms with Gasteiger partial charge < -0.3 is 4.74 Å². The van der Waals surface area contributed by atoms with Gasteiger partial charge in [-0.3, -0.25) is 9.69 Å². The van der Waals surface area contributed by atoms with Crippen molar-refractivity contribution in [3.8, 4) is 11.6 Å². The fourth-order valence-electron chi connectivity index (χ4n) is 2.20. The first-order valence-electron chi connectivity index (χ1n) is 7.44. The van der Waals surface area contributed by atoms with Gasteiger partial charge in [-0.2, -0.15) is 0 Å². The summed E-state index contributed by atoms with van der Waals surface area (Å²) in [5.74, 6) is 0.340. The monoisotopic (exact) mass is 407 g/mol. The molecule has 0 unspecified atom stereocenters. The molecule has 26 heavy (non-hydrogen) atoms. The number of carbonyl (C=O) groups is 1. The number of hydrogen-bond donors (Lipinski definition) is 0. The van der Waals surface area contributed by atoms with E-state index in [2.05, 4.69) is 9.97 Å². The molecule has 2 heterocycles. The number of rotatable bonds is 4. The van der Waals surface area contributed by atoms with Crippen LogP contribution in [0.3, 0.4) is 0 Å². The van der Waals surface area contributed by atoms with Gasteiger partial charge in [0.15, 0.2) is 5.82 Å². The molecule has 0 atom stereocenters. The molecule has 132 valence electrons. The fourth-order valence-corrected chi connectivity index (χ4v) is 2.76. The summed E-state index contributed by atoms with van der Waals surface area (Å²) in [5.41, 5.74) is 0.229. The molecular formula is C18H12Cl3N3O2. The number of carbonyl (C=O) groups excluding carboxylic acids is 1. The van der Waals surface area contributed by atoms with Crippen LogP contribution in [0.1, 0.15) is 10.4 Å². The Morgan fingerprint density at radius 1 is 1.00 bits per heavy atom. The van der Waals surface area contributed by atoms with Crippen molar-refractivity contribution < 1.29 is 9.53 Å². The lowest BCUT2D eigenvalue weighted by Crippen LogP contribution is -2.27. The Labute approximate surface area is 165 Å². The smallest absolute Gasteiger partial charge is 0.264 e. The molecule has 8 heteroatoms. The zero-order chi connectivity index (χ0) is 18.7. The molecule has 0 bridgehead atoms. The molecule has 2 aromatic heterocycles. The Balaban J connectivity index is 1.95. The van der Waals surface area contributed by atoms with E-state index >= 15 is 0 Å². The topological polar surface area (TPSA) is 55.3 Å². The molecule has 3 rings (SSSR count). The van der Waals surface area contributed by atoms with Crippen molar-refractivity contribution >= 4 is 46.5 Å². The highest BCUT2D eigenvalue weighted by Crippen LogP contribution is 2.33. The van der Waals surface area contributed by atoms with Gasteiger partial charge in [0.25, 0.3) is 5.91 Å². The number of ether oxygens (including phenoxy) is 1. The summed E-state index contributed by atoms with van der Waals surface area (Å²) < 4.78 is 5.73. The molecule has 0 saturated heterocycles. The van der Waals surface area contributed by atoms with Crippen LogP contribution in [0.2, 0.25) is 15.1 Å². The number of aromatic nitrogens is 2. The first kappa shape index (κ1) is 18.5. The maximum absolute atomic E-state index is 12.9. The maximum Gasteiger partial charge on any atom is 0.264 e. The van der Waals surface area contributed by atoms with E-state index in [0.29, 0.717) is 26.6 Å². The van der Waals surface area contributed by atoms with Crippen LogP contribution in [-0.4, -0.2) is 22.9 Å². The fraction of sp³-hybridized carbons (Fsp3) is 0.0556. The molecule has 0 saturated carbocycles. The van der Waals surface area contributed by atoms with Gasteiger partial charge >= 0.3 is 0 Å². The number of hydrogen-bond acceptors (Lipinski definition) is 4. The van der Waals surface area contributed by atoms with Crippen molar-refractivity contribution in [3.63, 3.8) is 0 Å². The molecule has 1 aromatic carbocycles. The van der Waals surface area contributed by atoms with E-state index in [1.807, 2.05) is 0 Å². The van der Waals surface area contributed by atoms with E-state index in [-0.39, 0.29) is 17.4 Å². The zero-order valence-corrected chi connectivity index (χ0v) is 15.8. The van der Waals surface area contributed by atoms with Crippen LogP contribution in [0, 0.1) is 0 Å². The minimum atomic E-state index is -0.383. The number of pyridine rings is 2. The summed E-state index contributed by atoms with van der Waals surface area (Å²) in [7, 11) is 1.57. The van der Waals surface area contributed by atoms with Crippen LogP contribution in [0.15, 0.2) is 54.9 Å². The van der Waals surface area contributed by atoms with E-state index in [1.165, 1.54) is 11.1 Å². The highest BCUT2D eigenvalue weighted by molar-refractivity contribution is 6.34. The van der Waals surface area contributed by atoms with Gasteiger partial charge in [-0.15, -0.1) is 0 Å². The van der Waals surface area contributed by atoms with E-state index in [0.717, 1.165) is 0 Å². The quantitative estimate of drug-likeness (QED) is 0.571. The summed E-state index contributed by atoms with van der Waals surface area (Å²) >= 11 is 18.2. The Morgan fingerprint density at radius 3 is 2.50 bits per heavy atom. The largest absolute Gasteiger partial charge is 0.437 e. The highest BCUT2D eigenvalue weighted by Gasteiger charge is 2.22. The Morgan fingerprint density at radius 2 is 1.73 bits per heavy atom. The number of nitrogens with zero attached hydrogens (tertiary/aromatic N) is 3. The standard InChI is InChI=1S/C18H12Cl3N3O2/c1-24(16-14(21)5-3-8-22-16)18(25)12-4-2-9-23-17(12)26-15-10-11(19)6-7-13(15)20/h2-10H,1H3. The molecule has 0 fully saturated rings. The predicted octanol–water partition coefficient (Wildman–Crippen LogP) is 5.51. The molecule has 1 amide bonds. The summed E-state index contributed by atoms with van der Waals surface area (Å²) in [4.78, 5) is 22.5. The van der Waals surface area contributed by atoms with Crippen molar-refractivity contribution in [1.29, 1.82) is 0 Å². The molecule has 0 spiro atoms. The van der Waals surface area contributed by atoms with Gasteiger partial charge in [-0.1, -0.05) is 34.8 Å². The third kappa shape index (κ3) is 3.90.